The molecule has 1 aliphatic rings. The lowest BCUT2D eigenvalue weighted by molar-refractivity contribution is -0.0443. The number of carbonyl (C=O) groups is 1. The molecule has 3 N–H and O–H groups in total. The number of nitrogen functional groups attached to an aromatic ring is 1. The first-order chi connectivity index (χ1) is 8.79. The Hall–Kier alpha value is -0.950. The summed E-state index contributed by atoms with van der Waals surface area (Å²) in [6.45, 7) is 1.98. The number of ether oxygens (including phenoxy) is 2. The predicted octanol–water partition coefficient (Wildman–Crippen LogP) is 1.44. The molecule has 0 aromatic carbocycles. The Morgan fingerprint density at radius 3 is 3.17 bits per heavy atom. The third kappa shape index (κ3) is 3.78. The summed E-state index contributed by atoms with van der Waals surface area (Å²) in [4.78, 5) is 12.9. The molecule has 1 fully saturated rings. The van der Waals surface area contributed by atoms with E-state index in [9.17, 15) is 4.79 Å². The van der Waals surface area contributed by atoms with Gasteiger partial charge in [0.15, 0.2) is 0 Å². The zero-order chi connectivity index (χ0) is 12.8. The van der Waals surface area contributed by atoms with Crippen LogP contribution >= 0.6 is 11.3 Å². The third-order valence-corrected chi connectivity index (χ3v) is 3.90. The molecule has 0 aliphatic carbocycles. The molecule has 1 saturated heterocycles. The number of rotatable bonds is 5. The van der Waals surface area contributed by atoms with Crippen molar-refractivity contribution in [2.45, 2.75) is 32.0 Å². The number of thiophene rings is 1. The van der Waals surface area contributed by atoms with E-state index in [0.717, 1.165) is 24.3 Å². The van der Waals surface area contributed by atoms with Gasteiger partial charge in [-0.1, -0.05) is 0 Å². The Morgan fingerprint density at radius 2 is 2.44 bits per heavy atom. The average Bonchev–Trinajstić information content (AvgIpc) is 2.88. The Labute approximate surface area is 110 Å². The van der Waals surface area contributed by atoms with E-state index in [4.69, 9.17) is 15.3 Å². The SMILES string of the molecule is NNC(=O)c1ccc(COCC2CCCCO2)s1. The van der Waals surface area contributed by atoms with Gasteiger partial charge in [0.2, 0.25) is 0 Å². The summed E-state index contributed by atoms with van der Waals surface area (Å²) in [6.07, 6.45) is 3.67. The topological polar surface area (TPSA) is 73.6 Å². The molecular formula is C12H18N2O3S. The van der Waals surface area contributed by atoms with E-state index in [0.29, 0.717) is 18.1 Å². The highest BCUT2D eigenvalue weighted by molar-refractivity contribution is 7.14. The highest BCUT2D eigenvalue weighted by atomic mass is 32.1. The van der Waals surface area contributed by atoms with Gasteiger partial charge in [-0.25, -0.2) is 5.84 Å². The standard InChI is InChI=1S/C12H18N2O3S/c13-14-12(15)11-5-4-10(18-11)8-16-7-9-3-1-2-6-17-9/h4-5,9H,1-3,6-8,13H2,(H,14,15). The molecule has 1 aliphatic heterocycles. The van der Waals surface area contributed by atoms with E-state index in [1.807, 2.05) is 6.07 Å². The van der Waals surface area contributed by atoms with Crippen LogP contribution < -0.4 is 11.3 Å². The Balaban J connectivity index is 1.72. The maximum absolute atomic E-state index is 11.3. The van der Waals surface area contributed by atoms with Crippen LogP contribution in [0.5, 0.6) is 0 Å². The van der Waals surface area contributed by atoms with E-state index >= 15 is 0 Å². The number of hydrazine groups is 1. The molecule has 0 radical (unpaired) electrons. The summed E-state index contributed by atoms with van der Waals surface area (Å²) < 4.78 is 11.2. The summed E-state index contributed by atoms with van der Waals surface area (Å²) in [5, 5.41) is 0. The summed E-state index contributed by atoms with van der Waals surface area (Å²) in [5.41, 5.74) is 2.11. The minimum Gasteiger partial charge on any atom is -0.376 e. The maximum atomic E-state index is 11.3. The number of nitrogens with two attached hydrogens (primary N) is 1. The minimum atomic E-state index is -0.262. The van der Waals surface area contributed by atoms with Crippen LogP contribution in [-0.2, 0) is 16.1 Å². The van der Waals surface area contributed by atoms with Crippen molar-refractivity contribution in [3.8, 4) is 0 Å². The molecule has 0 spiro atoms. The number of hydrogen-bond acceptors (Lipinski definition) is 5. The summed E-state index contributed by atoms with van der Waals surface area (Å²) >= 11 is 1.39. The smallest absolute Gasteiger partial charge is 0.275 e. The van der Waals surface area contributed by atoms with Crippen molar-refractivity contribution in [3.05, 3.63) is 21.9 Å². The van der Waals surface area contributed by atoms with Gasteiger partial charge in [0.05, 0.1) is 24.2 Å². The van der Waals surface area contributed by atoms with E-state index in [1.54, 1.807) is 6.07 Å². The first-order valence-electron chi connectivity index (χ1n) is 6.08. The van der Waals surface area contributed by atoms with E-state index in [2.05, 4.69) is 5.43 Å². The fourth-order valence-electron chi connectivity index (χ4n) is 1.88. The van der Waals surface area contributed by atoms with Gasteiger partial charge in [0, 0.05) is 11.5 Å². The largest absolute Gasteiger partial charge is 0.376 e. The van der Waals surface area contributed by atoms with Gasteiger partial charge < -0.3 is 9.47 Å². The molecule has 18 heavy (non-hydrogen) atoms. The van der Waals surface area contributed by atoms with Crippen LogP contribution in [0.15, 0.2) is 12.1 Å². The van der Waals surface area contributed by atoms with E-state index < -0.39 is 0 Å². The minimum absolute atomic E-state index is 0.227. The molecule has 2 heterocycles. The third-order valence-electron chi connectivity index (χ3n) is 2.84. The zero-order valence-electron chi connectivity index (χ0n) is 10.2. The molecule has 1 unspecified atom stereocenters. The molecule has 0 bridgehead atoms. The van der Waals surface area contributed by atoms with Gasteiger partial charge in [0.25, 0.3) is 5.91 Å². The molecule has 1 aromatic heterocycles. The van der Waals surface area contributed by atoms with Crippen LogP contribution in [0.3, 0.4) is 0 Å². The molecular weight excluding hydrogens is 252 g/mol. The Kier molecular flexibility index (Phi) is 5.12. The van der Waals surface area contributed by atoms with Crippen molar-refractivity contribution in [1.82, 2.24) is 5.43 Å². The second-order valence-corrected chi connectivity index (χ2v) is 5.41. The highest BCUT2D eigenvalue weighted by Crippen LogP contribution is 2.18. The van der Waals surface area contributed by atoms with Crippen LogP contribution in [0.2, 0.25) is 0 Å². The van der Waals surface area contributed by atoms with Crippen molar-refractivity contribution in [2.75, 3.05) is 13.2 Å². The molecule has 0 saturated carbocycles. The van der Waals surface area contributed by atoms with Gasteiger partial charge in [-0.2, -0.15) is 0 Å². The van der Waals surface area contributed by atoms with Crippen molar-refractivity contribution in [1.29, 1.82) is 0 Å². The van der Waals surface area contributed by atoms with Gasteiger partial charge in [-0.3, -0.25) is 10.2 Å². The predicted molar refractivity (Wildman–Crippen MR) is 69.2 cm³/mol. The summed E-state index contributed by atoms with van der Waals surface area (Å²) in [5.74, 6) is 4.81. The van der Waals surface area contributed by atoms with Gasteiger partial charge in [-0.05, 0) is 31.4 Å². The molecule has 2 rings (SSSR count). The quantitative estimate of drug-likeness (QED) is 0.482. The van der Waals surface area contributed by atoms with E-state index in [-0.39, 0.29) is 12.0 Å². The van der Waals surface area contributed by atoms with Crippen LogP contribution in [0.1, 0.15) is 33.8 Å². The van der Waals surface area contributed by atoms with Crippen molar-refractivity contribution in [2.24, 2.45) is 5.84 Å². The maximum Gasteiger partial charge on any atom is 0.275 e. The Bertz CT molecular complexity index is 388. The molecule has 6 heteroatoms. The summed E-state index contributed by atoms with van der Waals surface area (Å²) in [7, 11) is 0. The van der Waals surface area contributed by atoms with Crippen molar-refractivity contribution >= 4 is 17.2 Å². The number of carbonyl (C=O) groups excluding carboxylic acids is 1. The molecule has 100 valence electrons. The van der Waals surface area contributed by atoms with Gasteiger partial charge >= 0.3 is 0 Å². The normalized spacial score (nSPS) is 19.7. The lowest BCUT2D eigenvalue weighted by Gasteiger charge is -2.22. The molecule has 1 atom stereocenters. The second kappa shape index (κ2) is 6.84. The second-order valence-electron chi connectivity index (χ2n) is 4.24. The number of nitrogens with one attached hydrogen (secondary N) is 1. The lowest BCUT2D eigenvalue weighted by atomic mass is 10.1. The monoisotopic (exact) mass is 270 g/mol. The molecule has 1 aromatic rings. The van der Waals surface area contributed by atoms with Crippen LogP contribution in [0.4, 0.5) is 0 Å². The van der Waals surface area contributed by atoms with Gasteiger partial charge in [0.1, 0.15) is 0 Å². The van der Waals surface area contributed by atoms with Crippen LogP contribution in [0.25, 0.3) is 0 Å². The van der Waals surface area contributed by atoms with Gasteiger partial charge in [-0.15, -0.1) is 11.3 Å². The number of hydrogen-bond donors (Lipinski definition) is 2. The molecule has 1 amide bonds. The first kappa shape index (κ1) is 13.5. The Morgan fingerprint density at radius 1 is 1.56 bits per heavy atom. The number of amides is 1. The van der Waals surface area contributed by atoms with Crippen LogP contribution in [-0.4, -0.2) is 25.2 Å². The fraction of sp³-hybridized carbons (Fsp3) is 0.583. The molecule has 5 nitrogen and oxygen atoms in total. The van der Waals surface area contributed by atoms with Crippen molar-refractivity contribution in [3.63, 3.8) is 0 Å². The zero-order valence-corrected chi connectivity index (χ0v) is 11.0. The van der Waals surface area contributed by atoms with Crippen molar-refractivity contribution < 1.29 is 14.3 Å². The van der Waals surface area contributed by atoms with Crippen LogP contribution in [0, 0.1) is 0 Å². The first-order valence-corrected chi connectivity index (χ1v) is 6.90. The summed E-state index contributed by atoms with van der Waals surface area (Å²) in [6, 6.07) is 3.64. The highest BCUT2D eigenvalue weighted by Gasteiger charge is 2.14. The fourth-order valence-corrected chi connectivity index (χ4v) is 2.73. The lowest BCUT2D eigenvalue weighted by Crippen LogP contribution is -2.29. The van der Waals surface area contributed by atoms with E-state index in [1.165, 1.54) is 17.8 Å². The average molecular weight is 270 g/mol.